The van der Waals surface area contributed by atoms with E-state index >= 15 is 0 Å². The molecule has 0 radical (unpaired) electrons. The third-order valence-electron chi connectivity index (χ3n) is 5.31. The molecule has 2 heterocycles. The predicted molar refractivity (Wildman–Crippen MR) is 102 cm³/mol. The van der Waals surface area contributed by atoms with Crippen molar-refractivity contribution in [1.82, 2.24) is 14.9 Å². The van der Waals surface area contributed by atoms with Gasteiger partial charge in [-0.1, -0.05) is 17.7 Å². The van der Waals surface area contributed by atoms with Gasteiger partial charge < -0.3 is 15.1 Å². The molecule has 0 bridgehead atoms. The summed E-state index contributed by atoms with van der Waals surface area (Å²) in [5, 5.41) is 2.91. The zero-order chi connectivity index (χ0) is 18.9. The van der Waals surface area contributed by atoms with Crippen molar-refractivity contribution in [1.29, 1.82) is 0 Å². The molecule has 2 amide bonds. The number of hydrogen-bond acceptors (Lipinski definition) is 5. The average Bonchev–Trinajstić information content (AvgIpc) is 3.52. The molecule has 1 saturated heterocycles. The van der Waals surface area contributed by atoms with Crippen LogP contribution in [0.5, 0.6) is 0 Å². The first-order valence-corrected chi connectivity index (χ1v) is 9.28. The molecule has 1 saturated carbocycles. The number of carbonyl (C=O) groups excluding carboxylic acids is 2. The molecule has 2 aromatic rings. The third kappa shape index (κ3) is 3.49. The molecule has 27 heavy (non-hydrogen) atoms. The third-order valence-corrected chi connectivity index (χ3v) is 5.31. The normalized spacial score (nSPS) is 18.1. The molecule has 2 fully saturated rings. The standard InChI is InChI=1S/C20H23N5O2/c1-15-3-5-16(6-4-15)23-17(26)20(7-8-20)18(27)24-11-13-25(14-12-24)19-21-9-2-10-22-19/h2-6,9-10H,7-8,11-14H2,1H3,(H,23,26). The summed E-state index contributed by atoms with van der Waals surface area (Å²) in [7, 11) is 0. The fraction of sp³-hybridized carbons (Fsp3) is 0.400. The Bertz CT molecular complexity index is 825. The molecular formula is C20H23N5O2. The summed E-state index contributed by atoms with van der Waals surface area (Å²) in [5.74, 6) is 0.439. The van der Waals surface area contributed by atoms with E-state index in [-0.39, 0.29) is 11.8 Å². The summed E-state index contributed by atoms with van der Waals surface area (Å²) >= 11 is 0. The lowest BCUT2D eigenvalue weighted by Gasteiger charge is -2.36. The molecule has 0 unspecified atom stereocenters. The highest BCUT2D eigenvalue weighted by atomic mass is 16.2. The van der Waals surface area contributed by atoms with Gasteiger partial charge in [0, 0.05) is 44.3 Å². The van der Waals surface area contributed by atoms with Gasteiger partial charge >= 0.3 is 0 Å². The van der Waals surface area contributed by atoms with E-state index in [4.69, 9.17) is 0 Å². The maximum Gasteiger partial charge on any atom is 0.240 e. The molecule has 1 aliphatic heterocycles. The highest BCUT2D eigenvalue weighted by Gasteiger charge is 2.58. The number of nitrogens with zero attached hydrogens (tertiary/aromatic N) is 4. The number of aryl methyl sites for hydroxylation is 1. The fourth-order valence-corrected chi connectivity index (χ4v) is 3.42. The van der Waals surface area contributed by atoms with Gasteiger partial charge in [-0.25, -0.2) is 9.97 Å². The van der Waals surface area contributed by atoms with Crippen molar-refractivity contribution in [2.45, 2.75) is 19.8 Å². The molecular weight excluding hydrogens is 342 g/mol. The second-order valence-corrected chi connectivity index (χ2v) is 7.23. The number of hydrogen-bond donors (Lipinski definition) is 1. The van der Waals surface area contributed by atoms with Crippen LogP contribution in [0.25, 0.3) is 0 Å². The summed E-state index contributed by atoms with van der Waals surface area (Å²) in [6.45, 7) is 4.50. The quantitative estimate of drug-likeness (QED) is 0.837. The van der Waals surface area contributed by atoms with E-state index in [2.05, 4.69) is 20.2 Å². The molecule has 4 rings (SSSR count). The SMILES string of the molecule is Cc1ccc(NC(=O)C2(C(=O)N3CCN(c4ncccn4)CC3)CC2)cc1. The van der Waals surface area contributed by atoms with E-state index in [9.17, 15) is 9.59 Å². The Labute approximate surface area is 158 Å². The summed E-state index contributed by atoms with van der Waals surface area (Å²) in [5.41, 5.74) is 0.970. The molecule has 1 aromatic heterocycles. The van der Waals surface area contributed by atoms with Crippen molar-refractivity contribution in [3.8, 4) is 0 Å². The largest absolute Gasteiger partial charge is 0.338 e. The van der Waals surface area contributed by atoms with Gasteiger partial charge in [0.2, 0.25) is 17.8 Å². The molecule has 0 spiro atoms. The van der Waals surface area contributed by atoms with Crippen molar-refractivity contribution >= 4 is 23.5 Å². The van der Waals surface area contributed by atoms with E-state index in [1.807, 2.05) is 31.2 Å². The number of aromatic nitrogens is 2. The molecule has 0 atom stereocenters. The van der Waals surface area contributed by atoms with E-state index in [0.717, 1.165) is 11.3 Å². The lowest BCUT2D eigenvalue weighted by atomic mass is 10.0. The summed E-state index contributed by atoms with van der Waals surface area (Å²) in [4.78, 5) is 38.2. The molecule has 1 aliphatic carbocycles. The Hall–Kier alpha value is -2.96. The summed E-state index contributed by atoms with van der Waals surface area (Å²) < 4.78 is 0. The summed E-state index contributed by atoms with van der Waals surface area (Å²) in [6, 6.07) is 9.41. The lowest BCUT2D eigenvalue weighted by molar-refractivity contribution is -0.142. The second kappa shape index (κ2) is 6.98. The molecule has 1 aromatic carbocycles. The van der Waals surface area contributed by atoms with Gasteiger partial charge in [0.15, 0.2) is 0 Å². The topological polar surface area (TPSA) is 78.4 Å². The van der Waals surface area contributed by atoms with Crippen LogP contribution >= 0.6 is 0 Å². The van der Waals surface area contributed by atoms with Crippen molar-refractivity contribution < 1.29 is 9.59 Å². The van der Waals surface area contributed by atoms with Gasteiger partial charge in [-0.2, -0.15) is 0 Å². The van der Waals surface area contributed by atoms with Crippen LogP contribution in [0.2, 0.25) is 0 Å². The maximum atomic E-state index is 13.0. The zero-order valence-electron chi connectivity index (χ0n) is 15.4. The number of benzene rings is 1. The Morgan fingerprint density at radius 1 is 1.00 bits per heavy atom. The Morgan fingerprint density at radius 2 is 1.63 bits per heavy atom. The highest BCUT2D eigenvalue weighted by molar-refractivity contribution is 6.13. The smallest absolute Gasteiger partial charge is 0.240 e. The van der Waals surface area contributed by atoms with Crippen molar-refractivity contribution in [3.05, 3.63) is 48.3 Å². The minimum Gasteiger partial charge on any atom is -0.338 e. The summed E-state index contributed by atoms with van der Waals surface area (Å²) in [6.07, 6.45) is 4.67. The van der Waals surface area contributed by atoms with Crippen LogP contribution in [0.1, 0.15) is 18.4 Å². The van der Waals surface area contributed by atoms with Gasteiger partial charge in [-0.3, -0.25) is 9.59 Å². The maximum absolute atomic E-state index is 13.0. The number of amides is 2. The minimum atomic E-state index is -0.893. The molecule has 7 heteroatoms. The van der Waals surface area contributed by atoms with Gasteiger partial charge in [0.05, 0.1) is 0 Å². The first-order valence-electron chi connectivity index (χ1n) is 9.28. The van der Waals surface area contributed by atoms with E-state index in [1.54, 1.807) is 23.4 Å². The lowest BCUT2D eigenvalue weighted by Crippen LogP contribution is -2.53. The molecule has 140 valence electrons. The van der Waals surface area contributed by atoms with Crippen molar-refractivity contribution in [2.75, 3.05) is 36.4 Å². The van der Waals surface area contributed by atoms with E-state index in [1.165, 1.54) is 0 Å². The minimum absolute atomic E-state index is 0.0549. The van der Waals surface area contributed by atoms with Crippen LogP contribution in [-0.2, 0) is 9.59 Å². The number of carbonyl (C=O) groups is 2. The Balaban J connectivity index is 1.38. The highest BCUT2D eigenvalue weighted by Crippen LogP contribution is 2.48. The first kappa shape index (κ1) is 17.5. The Morgan fingerprint density at radius 3 is 2.22 bits per heavy atom. The zero-order valence-corrected chi connectivity index (χ0v) is 15.4. The van der Waals surface area contributed by atoms with Crippen molar-refractivity contribution in [3.63, 3.8) is 0 Å². The van der Waals surface area contributed by atoms with Gasteiger partial charge in [0.1, 0.15) is 5.41 Å². The van der Waals surface area contributed by atoms with Gasteiger partial charge in [0.25, 0.3) is 0 Å². The molecule has 7 nitrogen and oxygen atoms in total. The predicted octanol–water partition coefficient (Wildman–Crippen LogP) is 1.85. The number of piperazine rings is 1. The van der Waals surface area contributed by atoms with Crippen LogP contribution in [0.3, 0.4) is 0 Å². The van der Waals surface area contributed by atoms with Crippen LogP contribution in [0.15, 0.2) is 42.7 Å². The second-order valence-electron chi connectivity index (χ2n) is 7.23. The number of nitrogens with one attached hydrogen (secondary N) is 1. The van der Waals surface area contributed by atoms with Gasteiger partial charge in [-0.15, -0.1) is 0 Å². The monoisotopic (exact) mass is 365 g/mol. The molecule has 1 N–H and O–H groups in total. The van der Waals surface area contributed by atoms with Crippen LogP contribution < -0.4 is 10.2 Å². The number of anilines is 2. The average molecular weight is 365 g/mol. The number of rotatable bonds is 4. The van der Waals surface area contributed by atoms with E-state index in [0.29, 0.717) is 45.0 Å². The molecule has 2 aliphatic rings. The Kier molecular flexibility index (Phi) is 4.51. The van der Waals surface area contributed by atoms with E-state index < -0.39 is 5.41 Å². The van der Waals surface area contributed by atoms with Crippen molar-refractivity contribution in [2.24, 2.45) is 5.41 Å². The van der Waals surface area contributed by atoms with Crippen LogP contribution in [-0.4, -0.2) is 52.9 Å². The van der Waals surface area contributed by atoms with Crippen LogP contribution in [0, 0.1) is 12.3 Å². The van der Waals surface area contributed by atoms with Gasteiger partial charge in [-0.05, 0) is 38.0 Å². The fourth-order valence-electron chi connectivity index (χ4n) is 3.42. The van der Waals surface area contributed by atoms with Crippen LogP contribution in [0.4, 0.5) is 11.6 Å². The first-order chi connectivity index (χ1) is 13.1.